The lowest BCUT2D eigenvalue weighted by Gasteiger charge is -2.09. The largest absolute Gasteiger partial charge is 0.389 e. The Bertz CT molecular complexity index is 662. The summed E-state index contributed by atoms with van der Waals surface area (Å²) >= 11 is 0. The van der Waals surface area contributed by atoms with E-state index in [1.54, 1.807) is 25.3 Å². The molecule has 0 aromatic carbocycles. The summed E-state index contributed by atoms with van der Waals surface area (Å²) in [6.07, 6.45) is 4.60. The zero-order chi connectivity index (χ0) is 13.3. The summed E-state index contributed by atoms with van der Waals surface area (Å²) in [5.74, 6) is 0.419. The molecule has 2 aromatic heterocycles. The molecule has 0 fully saturated rings. The van der Waals surface area contributed by atoms with Crippen molar-refractivity contribution in [3.05, 3.63) is 36.3 Å². The van der Waals surface area contributed by atoms with Gasteiger partial charge in [0, 0.05) is 18.0 Å². The Balaban J connectivity index is 2.53. The van der Waals surface area contributed by atoms with Crippen LogP contribution in [0.3, 0.4) is 0 Å². The lowest BCUT2D eigenvalue weighted by atomic mass is 10.1. The van der Waals surface area contributed by atoms with Crippen LogP contribution < -0.4 is 0 Å². The van der Waals surface area contributed by atoms with Gasteiger partial charge in [0.2, 0.25) is 0 Å². The number of aliphatic hydroxyl groups excluding tert-OH is 1. The molecular formula is C11H13N3O3S. The van der Waals surface area contributed by atoms with E-state index in [0.29, 0.717) is 11.4 Å². The first kappa shape index (κ1) is 12.7. The Morgan fingerprint density at radius 2 is 2.17 bits per heavy atom. The van der Waals surface area contributed by atoms with Crippen molar-refractivity contribution in [1.29, 1.82) is 0 Å². The average Bonchev–Trinajstić information content (AvgIpc) is 2.77. The van der Waals surface area contributed by atoms with Crippen molar-refractivity contribution in [2.45, 2.75) is 17.9 Å². The molecule has 0 unspecified atom stereocenters. The Kier molecular flexibility index (Phi) is 3.18. The fraction of sp³-hybridized carbons (Fsp3) is 0.273. The fourth-order valence-electron chi connectivity index (χ4n) is 1.54. The molecule has 2 heterocycles. The first-order chi connectivity index (χ1) is 8.39. The van der Waals surface area contributed by atoms with Gasteiger partial charge in [-0.15, -0.1) is 0 Å². The second kappa shape index (κ2) is 4.51. The number of hydrogen-bond donors (Lipinski definition) is 1. The van der Waals surface area contributed by atoms with Crippen molar-refractivity contribution in [2.24, 2.45) is 0 Å². The minimum Gasteiger partial charge on any atom is -0.389 e. The van der Waals surface area contributed by atoms with Gasteiger partial charge in [-0.3, -0.25) is 0 Å². The Hall–Kier alpha value is -1.73. The summed E-state index contributed by atoms with van der Waals surface area (Å²) in [4.78, 5) is 4.23. The standard InChI is InChI=1S/C11H13N3O3S/c1-8(15)10-4-3-5-12-11(10)14-7-9(6-13-14)18(2,16)17/h3-8,15H,1-2H3/t8-/m1/s1. The van der Waals surface area contributed by atoms with Crippen molar-refractivity contribution >= 4 is 9.84 Å². The molecule has 18 heavy (non-hydrogen) atoms. The summed E-state index contributed by atoms with van der Waals surface area (Å²) < 4.78 is 24.1. The smallest absolute Gasteiger partial charge is 0.178 e. The minimum atomic E-state index is -3.30. The highest BCUT2D eigenvalue weighted by molar-refractivity contribution is 7.90. The third-order valence-electron chi connectivity index (χ3n) is 2.47. The van der Waals surface area contributed by atoms with Crippen molar-refractivity contribution < 1.29 is 13.5 Å². The maximum absolute atomic E-state index is 11.4. The summed E-state index contributed by atoms with van der Waals surface area (Å²) in [5.41, 5.74) is 0.584. The molecule has 0 radical (unpaired) electrons. The molecule has 96 valence electrons. The Morgan fingerprint density at radius 1 is 1.44 bits per heavy atom. The molecule has 2 rings (SSSR count). The maximum atomic E-state index is 11.4. The van der Waals surface area contributed by atoms with Gasteiger partial charge in [-0.25, -0.2) is 18.1 Å². The fourth-order valence-corrected chi connectivity index (χ4v) is 2.07. The molecule has 1 atom stereocenters. The molecule has 7 heteroatoms. The van der Waals surface area contributed by atoms with Gasteiger partial charge in [0.1, 0.15) is 4.90 Å². The number of hydrogen-bond acceptors (Lipinski definition) is 5. The maximum Gasteiger partial charge on any atom is 0.178 e. The lowest BCUT2D eigenvalue weighted by Crippen LogP contribution is -2.05. The quantitative estimate of drug-likeness (QED) is 0.885. The third kappa shape index (κ3) is 2.41. The van der Waals surface area contributed by atoms with E-state index in [0.717, 1.165) is 6.26 Å². The summed E-state index contributed by atoms with van der Waals surface area (Å²) in [7, 11) is -3.30. The lowest BCUT2D eigenvalue weighted by molar-refractivity contribution is 0.198. The summed E-state index contributed by atoms with van der Waals surface area (Å²) in [6, 6.07) is 3.42. The first-order valence-corrected chi connectivity index (χ1v) is 7.17. The number of nitrogens with zero attached hydrogens (tertiary/aromatic N) is 3. The molecule has 1 N–H and O–H groups in total. The number of aliphatic hydroxyl groups is 1. The van der Waals surface area contributed by atoms with Crippen molar-refractivity contribution in [2.75, 3.05) is 6.26 Å². The second-order valence-electron chi connectivity index (χ2n) is 3.98. The van der Waals surface area contributed by atoms with Crippen LogP contribution in [0.1, 0.15) is 18.6 Å². The van der Waals surface area contributed by atoms with Gasteiger partial charge >= 0.3 is 0 Å². The van der Waals surface area contributed by atoms with Gasteiger partial charge in [0.05, 0.1) is 18.5 Å². The molecule has 2 aromatic rings. The van der Waals surface area contributed by atoms with E-state index >= 15 is 0 Å². The normalized spacial score (nSPS) is 13.5. The third-order valence-corrected chi connectivity index (χ3v) is 3.54. The average molecular weight is 267 g/mol. The molecule has 6 nitrogen and oxygen atoms in total. The van der Waals surface area contributed by atoms with Crippen LogP contribution in [-0.4, -0.2) is 34.5 Å². The molecule has 0 amide bonds. The number of rotatable bonds is 3. The summed E-state index contributed by atoms with van der Waals surface area (Å²) in [5, 5.41) is 13.6. The van der Waals surface area contributed by atoms with E-state index in [1.807, 2.05) is 0 Å². The summed E-state index contributed by atoms with van der Waals surface area (Å²) in [6.45, 7) is 1.61. The molecule has 0 saturated carbocycles. The van der Waals surface area contributed by atoms with Crippen molar-refractivity contribution in [3.63, 3.8) is 0 Å². The van der Waals surface area contributed by atoms with Gasteiger partial charge < -0.3 is 5.11 Å². The van der Waals surface area contributed by atoms with Gasteiger partial charge in [-0.1, -0.05) is 6.07 Å². The molecule has 0 aliphatic carbocycles. The van der Waals surface area contributed by atoms with Gasteiger partial charge in [0.15, 0.2) is 15.7 Å². The second-order valence-corrected chi connectivity index (χ2v) is 6.00. The molecule has 0 bridgehead atoms. The van der Waals surface area contributed by atoms with E-state index < -0.39 is 15.9 Å². The predicted molar refractivity (Wildman–Crippen MR) is 65.1 cm³/mol. The minimum absolute atomic E-state index is 0.115. The van der Waals surface area contributed by atoms with Crippen LogP contribution in [0.2, 0.25) is 0 Å². The van der Waals surface area contributed by atoms with Crippen LogP contribution in [0.4, 0.5) is 0 Å². The van der Waals surface area contributed by atoms with Gasteiger partial charge in [-0.05, 0) is 13.0 Å². The van der Waals surface area contributed by atoms with Crippen LogP contribution in [0.15, 0.2) is 35.6 Å². The van der Waals surface area contributed by atoms with Gasteiger partial charge in [0.25, 0.3) is 0 Å². The number of pyridine rings is 1. The molecule has 0 aliphatic rings. The predicted octanol–water partition coefficient (Wildman–Crippen LogP) is 0.724. The van der Waals surface area contributed by atoms with E-state index in [-0.39, 0.29) is 4.90 Å². The van der Waals surface area contributed by atoms with Gasteiger partial charge in [-0.2, -0.15) is 5.10 Å². The first-order valence-electron chi connectivity index (χ1n) is 5.27. The van der Waals surface area contributed by atoms with E-state index in [9.17, 15) is 13.5 Å². The Morgan fingerprint density at radius 3 is 2.72 bits per heavy atom. The van der Waals surface area contributed by atoms with E-state index in [4.69, 9.17) is 0 Å². The molecule has 0 saturated heterocycles. The SMILES string of the molecule is C[C@@H](O)c1cccnc1-n1cc(S(C)(=O)=O)cn1. The van der Waals surface area contributed by atoms with Crippen molar-refractivity contribution in [1.82, 2.24) is 14.8 Å². The van der Waals surface area contributed by atoms with E-state index in [1.165, 1.54) is 17.1 Å². The monoisotopic (exact) mass is 267 g/mol. The molecular weight excluding hydrogens is 254 g/mol. The van der Waals surface area contributed by atoms with Crippen LogP contribution >= 0.6 is 0 Å². The van der Waals surface area contributed by atoms with Crippen LogP contribution in [0.25, 0.3) is 5.82 Å². The number of aromatic nitrogens is 3. The van der Waals surface area contributed by atoms with Crippen LogP contribution in [0, 0.1) is 0 Å². The zero-order valence-electron chi connectivity index (χ0n) is 9.98. The highest BCUT2D eigenvalue weighted by Gasteiger charge is 2.15. The highest BCUT2D eigenvalue weighted by atomic mass is 32.2. The Labute approximate surface area is 105 Å². The van der Waals surface area contributed by atoms with Crippen molar-refractivity contribution in [3.8, 4) is 5.82 Å². The van der Waals surface area contributed by atoms with Crippen LogP contribution in [-0.2, 0) is 9.84 Å². The molecule has 0 spiro atoms. The highest BCUT2D eigenvalue weighted by Crippen LogP contribution is 2.19. The van der Waals surface area contributed by atoms with Crippen LogP contribution in [0.5, 0.6) is 0 Å². The number of sulfone groups is 1. The molecule has 0 aliphatic heterocycles. The topological polar surface area (TPSA) is 85.1 Å². The van der Waals surface area contributed by atoms with E-state index in [2.05, 4.69) is 10.1 Å². The zero-order valence-corrected chi connectivity index (χ0v) is 10.8.